The molecule has 29 heavy (non-hydrogen) atoms. The van der Waals surface area contributed by atoms with Crippen molar-refractivity contribution in [3.8, 4) is 0 Å². The van der Waals surface area contributed by atoms with Crippen molar-refractivity contribution in [2.24, 2.45) is 4.99 Å². The molecular weight excluding hydrogens is 483 g/mol. The van der Waals surface area contributed by atoms with E-state index < -0.39 is 5.60 Å². The fourth-order valence-electron chi connectivity index (χ4n) is 2.32. The van der Waals surface area contributed by atoms with Crippen LogP contribution < -0.4 is 16.0 Å². The maximum Gasteiger partial charge on any atom is 0.407 e. The molecule has 0 spiro atoms. The monoisotopic (exact) mass is 520 g/mol. The number of nitrogens with one attached hydrogen (secondary N) is 3. The number of amides is 1. The highest BCUT2D eigenvalue weighted by Crippen LogP contribution is 2.06. The topological polar surface area (TPSA) is 84.0 Å². The Morgan fingerprint density at radius 3 is 2.21 bits per heavy atom. The van der Waals surface area contributed by atoms with Crippen LogP contribution in [0.5, 0.6) is 0 Å². The summed E-state index contributed by atoms with van der Waals surface area (Å²) >= 11 is 0. The summed E-state index contributed by atoms with van der Waals surface area (Å²) in [4.78, 5) is 15.7. The molecule has 3 N–H and O–H groups in total. The number of benzene rings is 1. The van der Waals surface area contributed by atoms with Gasteiger partial charge in [0.25, 0.3) is 0 Å². The number of carbonyl (C=O) groups is 1. The average molecular weight is 520 g/mol. The van der Waals surface area contributed by atoms with Gasteiger partial charge in [-0.05, 0) is 45.6 Å². The molecule has 166 valence electrons. The fourth-order valence-corrected chi connectivity index (χ4v) is 2.32. The highest BCUT2D eigenvalue weighted by molar-refractivity contribution is 14.0. The molecule has 0 atom stereocenters. The fraction of sp³-hybridized carbons (Fsp3) is 0.619. The molecule has 0 aromatic heterocycles. The molecule has 0 aliphatic carbocycles. The van der Waals surface area contributed by atoms with Gasteiger partial charge in [0.2, 0.25) is 0 Å². The van der Waals surface area contributed by atoms with Gasteiger partial charge in [0.15, 0.2) is 5.96 Å². The molecule has 0 saturated carbocycles. The molecule has 1 aromatic rings. The molecular formula is C21H37IN4O3. The molecule has 0 bridgehead atoms. The molecule has 8 heteroatoms. The van der Waals surface area contributed by atoms with Gasteiger partial charge in [0.1, 0.15) is 5.60 Å². The van der Waals surface area contributed by atoms with Gasteiger partial charge < -0.3 is 25.4 Å². The first-order valence-electron chi connectivity index (χ1n) is 9.94. The Hall–Kier alpha value is -1.55. The van der Waals surface area contributed by atoms with Crippen molar-refractivity contribution in [1.82, 2.24) is 16.0 Å². The number of hydrogen-bond acceptors (Lipinski definition) is 4. The smallest absolute Gasteiger partial charge is 0.407 e. The van der Waals surface area contributed by atoms with E-state index in [1.807, 2.05) is 39.0 Å². The Balaban J connectivity index is 0.00000784. The van der Waals surface area contributed by atoms with Gasteiger partial charge in [-0.3, -0.25) is 4.99 Å². The molecule has 0 saturated heterocycles. The van der Waals surface area contributed by atoms with Gasteiger partial charge in [0.05, 0.1) is 6.61 Å². The van der Waals surface area contributed by atoms with Crippen molar-refractivity contribution >= 4 is 36.0 Å². The first-order chi connectivity index (χ1) is 13.4. The van der Waals surface area contributed by atoms with Gasteiger partial charge in [-0.25, -0.2) is 4.79 Å². The molecule has 1 amide bonds. The summed E-state index contributed by atoms with van der Waals surface area (Å²) in [6.45, 7) is 9.06. The van der Waals surface area contributed by atoms with Gasteiger partial charge in [-0.15, -0.1) is 24.0 Å². The van der Waals surface area contributed by atoms with Crippen LogP contribution in [0.25, 0.3) is 0 Å². The van der Waals surface area contributed by atoms with E-state index in [9.17, 15) is 4.79 Å². The van der Waals surface area contributed by atoms with Crippen molar-refractivity contribution in [1.29, 1.82) is 0 Å². The zero-order valence-electron chi connectivity index (χ0n) is 18.1. The number of nitrogens with zero attached hydrogens (tertiary/aromatic N) is 1. The Kier molecular flexibility index (Phi) is 15.4. The summed E-state index contributed by atoms with van der Waals surface area (Å²) in [7, 11) is 1.75. The van der Waals surface area contributed by atoms with Crippen LogP contribution in [0, 0.1) is 0 Å². The molecule has 0 fully saturated rings. The number of halogens is 1. The van der Waals surface area contributed by atoms with Crippen molar-refractivity contribution in [3.63, 3.8) is 0 Å². The lowest BCUT2D eigenvalue weighted by atomic mass is 10.2. The third-order valence-electron chi connectivity index (χ3n) is 3.66. The second kappa shape index (κ2) is 16.3. The highest BCUT2D eigenvalue weighted by atomic mass is 127. The Morgan fingerprint density at radius 1 is 0.966 bits per heavy atom. The number of unbranched alkanes of at least 4 members (excludes halogenated alkanes) is 1. The van der Waals surface area contributed by atoms with Crippen LogP contribution in [0.4, 0.5) is 4.79 Å². The first kappa shape index (κ1) is 27.5. The number of hydrogen-bond donors (Lipinski definition) is 3. The molecule has 0 unspecified atom stereocenters. The van der Waals surface area contributed by atoms with E-state index in [4.69, 9.17) is 9.47 Å². The Bertz CT molecular complexity index is 577. The maximum absolute atomic E-state index is 11.5. The summed E-state index contributed by atoms with van der Waals surface area (Å²) in [5.41, 5.74) is 0.729. The van der Waals surface area contributed by atoms with Gasteiger partial charge in [0, 0.05) is 33.3 Å². The van der Waals surface area contributed by atoms with Crippen LogP contribution in [-0.4, -0.2) is 50.9 Å². The first-order valence-corrected chi connectivity index (χ1v) is 9.94. The zero-order valence-corrected chi connectivity index (χ0v) is 20.5. The van der Waals surface area contributed by atoms with Crippen LogP contribution in [-0.2, 0) is 16.1 Å². The van der Waals surface area contributed by atoms with Gasteiger partial charge >= 0.3 is 6.09 Å². The normalized spacial score (nSPS) is 11.4. The van der Waals surface area contributed by atoms with Gasteiger partial charge in [-0.2, -0.15) is 0 Å². The quantitative estimate of drug-likeness (QED) is 0.180. The Morgan fingerprint density at radius 2 is 1.59 bits per heavy atom. The lowest BCUT2D eigenvalue weighted by Gasteiger charge is -2.19. The number of guanidine groups is 1. The van der Waals surface area contributed by atoms with Gasteiger partial charge in [-0.1, -0.05) is 30.3 Å². The van der Waals surface area contributed by atoms with Crippen molar-refractivity contribution < 1.29 is 14.3 Å². The van der Waals surface area contributed by atoms with E-state index in [2.05, 4.69) is 33.1 Å². The molecule has 7 nitrogen and oxygen atoms in total. The van der Waals surface area contributed by atoms with E-state index in [-0.39, 0.29) is 30.1 Å². The number of alkyl carbamates (subject to hydrolysis) is 1. The third-order valence-corrected chi connectivity index (χ3v) is 3.66. The largest absolute Gasteiger partial charge is 0.444 e. The number of carbonyl (C=O) groups excluding carboxylic acids is 1. The maximum atomic E-state index is 11.5. The summed E-state index contributed by atoms with van der Waals surface area (Å²) in [6, 6.07) is 10.2. The summed E-state index contributed by atoms with van der Waals surface area (Å²) in [5.74, 6) is 0.766. The summed E-state index contributed by atoms with van der Waals surface area (Å²) in [6.07, 6.45) is 2.41. The molecule has 0 heterocycles. The molecule has 0 aliphatic heterocycles. The number of rotatable bonds is 11. The van der Waals surface area contributed by atoms with Crippen molar-refractivity contribution in [2.45, 2.75) is 52.2 Å². The number of ether oxygens (including phenoxy) is 2. The van der Waals surface area contributed by atoms with Crippen LogP contribution in [0.2, 0.25) is 0 Å². The second-order valence-corrected chi connectivity index (χ2v) is 7.45. The minimum Gasteiger partial charge on any atom is -0.444 e. The lowest BCUT2D eigenvalue weighted by Crippen LogP contribution is -2.39. The van der Waals surface area contributed by atoms with E-state index in [1.165, 1.54) is 5.56 Å². The van der Waals surface area contributed by atoms with Crippen molar-refractivity contribution in [2.75, 3.05) is 33.3 Å². The number of aliphatic imine (C=N–C) groups is 1. The van der Waals surface area contributed by atoms with E-state index in [0.29, 0.717) is 13.2 Å². The van der Waals surface area contributed by atoms with Crippen molar-refractivity contribution in [3.05, 3.63) is 35.9 Å². The molecule has 0 aliphatic rings. The van der Waals surface area contributed by atoms with Crippen LogP contribution in [0.15, 0.2) is 35.3 Å². The zero-order chi connectivity index (χ0) is 20.7. The van der Waals surface area contributed by atoms with E-state index in [1.54, 1.807) is 7.05 Å². The van der Waals surface area contributed by atoms with E-state index in [0.717, 1.165) is 44.9 Å². The second-order valence-electron chi connectivity index (χ2n) is 7.45. The SMILES string of the molecule is CN=C(NCCCCOCc1ccccc1)NCCCNC(=O)OC(C)(C)C.I. The molecule has 1 rings (SSSR count). The summed E-state index contributed by atoms with van der Waals surface area (Å²) < 4.78 is 10.9. The predicted octanol–water partition coefficient (Wildman–Crippen LogP) is 3.68. The lowest BCUT2D eigenvalue weighted by molar-refractivity contribution is 0.0527. The minimum absolute atomic E-state index is 0. The van der Waals surface area contributed by atoms with E-state index >= 15 is 0 Å². The predicted molar refractivity (Wildman–Crippen MR) is 129 cm³/mol. The third kappa shape index (κ3) is 16.0. The molecule has 0 radical (unpaired) electrons. The van der Waals surface area contributed by atoms with Crippen LogP contribution in [0.3, 0.4) is 0 Å². The minimum atomic E-state index is -0.471. The van der Waals surface area contributed by atoms with Crippen LogP contribution in [0.1, 0.15) is 45.6 Å². The van der Waals surface area contributed by atoms with Crippen LogP contribution >= 0.6 is 24.0 Å². The summed E-state index contributed by atoms with van der Waals surface area (Å²) in [5, 5.41) is 9.25. The standard InChI is InChI=1S/C21H36N4O3.HI/c1-21(2,3)28-20(26)25-15-10-14-24-19(22-4)23-13-8-9-16-27-17-18-11-6-5-7-12-18;/h5-7,11-12H,8-10,13-17H2,1-4H3,(H,25,26)(H2,22,23,24);1H. The average Bonchev–Trinajstić information content (AvgIpc) is 2.64. The Labute approximate surface area is 192 Å². The highest BCUT2D eigenvalue weighted by Gasteiger charge is 2.15. The molecule has 1 aromatic carbocycles.